The van der Waals surface area contributed by atoms with Crippen molar-refractivity contribution in [3.8, 4) is 0 Å². The molecule has 1 amide bonds. The highest BCUT2D eigenvalue weighted by molar-refractivity contribution is 5.93. The van der Waals surface area contributed by atoms with Crippen molar-refractivity contribution in [2.75, 3.05) is 13.1 Å². The quantitative estimate of drug-likeness (QED) is 0.946. The van der Waals surface area contributed by atoms with Crippen molar-refractivity contribution in [3.63, 3.8) is 0 Å². The van der Waals surface area contributed by atoms with Crippen LogP contribution < -0.4 is 0 Å². The SMILES string of the molecule is Cn1cccc1C(=O)N1CCC(C(=O)O)(c2ccccc2)CC1. The number of carboxylic acids is 1. The van der Waals surface area contributed by atoms with Crippen LogP contribution in [0.25, 0.3) is 0 Å². The van der Waals surface area contributed by atoms with Crippen LogP contribution in [0.3, 0.4) is 0 Å². The second-order valence-corrected chi connectivity index (χ2v) is 6.05. The molecule has 5 heteroatoms. The topological polar surface area (TPSA) is 62.5 Å². The molecule has 1 fully saturated rings. The van der Waals surface area contributed by atoms with Crippen LogP contribution in [0.15, 0.2) is 48.7 Å². The number of likely N-dealkylation sites (tertiary alicyclic amines) is 1. The smallest absolute Gasteiger partial charge is 0.314 e. The molecular weight excluding hydrogens is 292 g/mol. The van der Waals surface area contributed by atoms with Gasteiger partial charge in [-0.2, -0.15) is 0 Å². The standard InChI is InChI=1S/C18H20N2O3/c1-19-11-5-8-15(19)16(21)20-12-9-18(10-13-20,17(22)23)14-6-3-2-4-7-14/h2-8,11H,9-10,12-13H2,1H3,(H,22,23). The van der Waals surface area contributed by atoms with Crippen LogP contribution in [0, 0.1) is 0 Å². The van der Waals surface area contributed by atoms with Gasteiger partial charge in [0.05, 0.1) is 5.41 Å². The molecule has 120 valence electrons. The molecule has 0 spiro atoms. The Morgan fingerprint density at radius 1 is 1.04 bits per heavy atom. The molecule has 3 rings (SSSR count). The van der Waals surface area contributed by atoms with Crippen molar-refractivity contribution in [3.05, 3.63) is 59.9 Å². The summed E-state index contributed by atoms with van der Waals surface area (Å²) in [5, 5.41) is 9.79. The predicted molar refractivity (Wildman–Crippen MR) is 86.3 cm³/mol. The van der Waals surface area contributed by atoms with Crippen molar-refractivity contribution in [1.82, 2.24) is 9.47 Å². The highest BCUT2D eigenvalue weighted by Gasteiger charge is 2.44. The number of carbonyl (C=O) groups excluding carboxylic acids is 1. The Kier molecular flexibility index (Phi) is 3.94. The van der Waals surface area contributed by atoms with Gasteiger partial charge in [-0.3, -0.25) is 9.59 Å². The first-order valence-electron chi connectivity index (χ1n) is 7.74. The highest BCUT2D eigenvalue weighted by Crippen LogP contribution is 2.36. The molecule has 2 aromatic rings. The maximum Gasteiger partial charge on any atom is 0.314 e. The monoisotopic (exact) mass is 312 g/mol. The fourth-order valence-corrected chi connectivity index (χ4v) is 3.32. The van der Waals surface area contributed by atoms with E-state index in [2.05, 4.69) is 0 Å². The molecule has 0 bridgehead atoms. The minimum Gasteiger partial charge on any atom is -0.481 e. The molecular formula is C18H20N2O3. The first-order valence-corrected chi connectivity index (χ1v) is 7.74. The molecule has 0 unspecified atom stereocenters. The summed E-state index contributed by atoms with van der Waals surface area (Å²) in [6.45, 7) is 0.899. The number of piperidine rings is 1. The van der Waals surface area contributed by atoms with Gasteiger partial charge in [-0.05, 0) is 30.5 Å². The maximum absolute atomic E-state index is 12.6. The van der Waals surface area contributed by atoms with Gasteiger partial charge in [-0.25, -0.2) is 0 Å². The van der Waals surface area contributed by atoms with Crippen LogP contribution in [-0.4, -0.2) is 39.5 Å². The molecule has 1 saturated heterocycles. The lowest BCUT2D eigenvalue weighted by molar-refractivity contribution is -0.145. The molecule has 0 atom stereocenters. The average molecular weight is 312 g/mol. The normalized spacial score (nSPS) is 17.0. The van der Waals surface area contributed by atoms with E-state index in [1.54, 1.807) is 15.5 Å². The summed E-state index contributed by atoms with van der Waals surface area (Å²) >= 11 is 0. The van der Waals surface area contributed by atoms with Gasteiger partial charge in [0.25, 0.3) is 5.91 Å². The third-order valence-corrected chi connectivity index (χ3v) is 4.80. The summed E-state index contributed by atoms with van der Waals surface area (Å²) in [6, 6.07) is 13.0. The average Bonchev–Trinajstić information content (AvgIpc) is 3.01. The van der Waals surface area contributed by atoms with Crippen LogP contribution >= 0.6 is 0 Å². The molecule has 1 aliphatic rings. The molecule has 0 aliphatic carbocycles. The number of aryl methyl sites for hydroxylation is 1. The molecule has 1 N–H and O–H groups in total. The number of hydrogen-bond donors (Lipinski definition) is 1. The van der Waals surface area contributed by atoms with Gasteiger partial charge < -0.3 is 14.6 Å². The fraction of sp³-hybridized carbons (Fsp3) is 0.333. The van der Waals surface area contributed by atoms with E-state index in [0.717, 1.165) is 5.56 Å². The van der Waals surface area contributed by atoms with E-state index in [0.29, 0.717) is 31.6 Å². The molecule has 2 heterocycles. The zero-order valence-corrected chi connectivity index (χ0v) is 13.1. The van der Waals surface area contributed by atoms with Crippen LogP contribution in [-0.2, 0) is 17.3 Å². The number of nitrogens with zero attached hydrogens (tertiary/aromatic N) is 2. The van der Waals surface area contributed by atoms with Crippen LogP contribution in [0.1, 0.15) is 28.9 Å². The van der Waals surface area contributed by atoms with E-state index in [1.165, 1.54) is 0 Å². The van der Waals surface area contributed by atoms with E-state index < -0.39 is 11.4 Å². The first-order chi connectivity index (χ1) is 11.0. The summed E-state index contributed by atoms with van der Waals surface area (Å²) in [7, 11) is 1.84. The molecule has 5 nitrogen and oxygen atoms in total. The largest absolute Gasteiger partial charge is 0.481 e. The second-order valence-electron chi connectivity index (χ2n) is 6.05. The third kappa shape index (κ3) is 2.63. The summed E-state index contributed by atoms with van der Waals surface area (Å²) in [4.78, 5) is 26.2. The predicted octanol–water partition coefficient (Wildman–Crippen LogP) is 2.28. The van der Waals surface area contributed by atoms with E-state index in [4.69, 9.17) is 0 Å². The van der Waals surface area contributed by atoms with Crippen molar-refractivity contribution in [1.29, 1.82) is 0 Å². The van der Waals surface area contributed by atoms with Crippen LogP contribution in [0.4, 0.5) is 0 Å². The van der Waals surface area contributed by atoms with Gasteiger partial charge in [0.15, 0.2) is 0 Å². The summed E-state index contributed by atoms with van der Waals surface area (Å²) < 4.78 is 1.79. The minimum absolute atomic E-state index is 0.0375. The molecule has 23 heavy (non-hydrogen) atoms. The molecule has 0 saturated carbocycles. The Morgan fingerprint density at radius 2 is 1.70 bits per heavy atom. The zero-order chi connectivity index (χ0) is 16.4. The Labute approximate surface area is 135 Å². The van der Waals surface area contributed by atoms with Crippen LogP contribution in [0.5, 0.6) is 0 Å². The van der Waals surface area contributed by atoms with Gasteiger partial charge in [0.1, 0.15) is 5.69 Å². The third-order valence-electron chi connectivity index (χ3n) is 4.80. The molecule has 1 aromatic heterocycles. The molecule has 1 aromatic carbocycles. The minimum atomic E-state index is -0.897. The van der Waals surface area contributed by atoms with Crippen molar-refractivity contribution >= 4 is 11.9 Å². The number of hydrogen-bond acceptors (Lipinski definition) is 2. The zero-order valence-electron chi connectivity index (χ0n) is 13.1. The summed E-state index contributed by atoms with van der Waals surface area (Å²) in [6.07, 6.45) is 2.70. The van der Waals surface area contributed by atoms with Gasteiger partial charge in [-0.1, -0.05) is 30.3 Å². The first kappa shape index (κ1) is 15.3. The number of aliphatic carboxylic acids is 1. The Balaban J connectivity index is 1.80. The number of benzene rings is 1. The highest BCUT2D eigenvalue weighted by atomic mass is 16.4. The van der Waals surface area contributed by atoms with E-state index in [-0.39, 0.29) is 5.91 Å². The van der Waals surface area contributed by atoms with E-state index in [9.17, 15) is 14.7 Å². The second kappa shape index (κ2) is 5.91. The van der Waals surface area contributed by atoms with Crippen molar-refractivity contribution in [2.24, 2.45) is 7.05 Å². The fourth-order valence-electron chi connectivity index (χ4n) is 3.32. The van der Waals surface area contributed by atoms with Gasteiger partial charge in [0.2, 0.25) is 0 Å². The lowest BCUT2D eigenvalue weighted by Gasteiger charge is -2.39. The molecule has 0 radical (unpaired) electrons. The van der Waals surface area contributed by atoms with Crippen LogP contribution in [0.2, 0.25) is 0 Å². The number of carbonyl (C=O) groups is 2. The Hall–Kier alpha value is -2.56. The van der Waals surface area contributed by atoms with Gasteiger partial charge >= 0.3 is 5.97 Å². The molecule has 1 aliphatic heterocycles. The maximum atomic E-state index is 12.6. The summed E-state index contributed by atoms with van der Waals surface area (Å²) in [5.74, 6) is -0.848. The summed E-state index contributed by atoms with van der Waals surface area (Å²) in [5.41, 5.74) is 0.553. The number of amides is 1. The number of rotatable bonds is 3. The number of aromatic nitrogens is 1. The Bertz CT molecular complexity index is 713. The van der Waals surface area contributed by atoms with Gasteiger partial charge in [0, 0.05) is 26.3 Å². The van der Waals surface area contributed by atoms with E-state index >= 15 is 0 Å². The lowest BCUT2D eigenvalue weighted by Crippen LogP contribution is -2.49. The van der Waals surface area contributed by atoms with E-state index in [1.807, 2.05) is 49.6 Å². The van der Waals surface area contributed by atoms with Crippen molar-refractivity contribution < 1.29 is 14.7 Å². The van der Waals surface area contributed by atoms with Gasteiger partial charge in [-0.15, -0.1) is 0 Å². The lowest BCUT2D eigenvalue weighted by atomic mass is 9.73. The Morgan fingerprint density at radius 3 is 2.22 bits per heavy atom. The number of carboxylic acid groups (broad SMARTS) is 1. The van der Waals surface area contributed by atoms with Crippen molar-refractivity contribution in [2.45, 2.75) is 18.3 Å².